The van der Waals surface area contributed by atoms with Gasteiger partial charge in [0.2, 0.25) is 5.91 Å². The number of pyridine rings is 1. The molecule has 0 unspecified atom stereocenters. The topological polar surface area (TPSA) is 139 Å². The van der Waals surface area contributed by atoms with E-state index in [-0.39, 0.29) is 35.4 Å². The minimum absolute atomic E-state index is 0.0565. The first-order chi connectivity index (χ1) is 16.0. The van der Waals surface area contributed by atoms with Crippen LogP contribution in [0.3, 0.4) is 0 Å². The molecular formula is C23H30N4O6S. The molecule has 1 aliphatic rings. The molecule has 0 spiro atoms. The fourth-order valence-electron chi connectivity index (χ4n) is 3.72. The van der Waals surface area contributed by atoms with Gasteiger partial charge in [-0.2, -0.15) is 4.31 Å². The highest BCUT2D eigenvalue weighted by Gasteiger charge is 2.40. The van der Waals surface area contributed by atoms with Crippen molar-refractivity contribution in [1.82, 2.24) is 19.9 Å². The lowest BCUT2D eigenvalue weighted by Gasteiger charge is -2.31. The molecule has 184 valence electrons. The Balaban J connectivity index is 1.88. The molecule has 1 saturated heterocycles. The number of ketones is 1. The smallest absolute Gasteiger partial charge is 0.262 e. The normalized spacial score (nSPS) is 18.7. The van der Waals surface area contributed by atoms with Gasteiger partial charge in [0.05, 0.1) is 11.8 Å². The summed E-state index contributed by atoms with van der Waals surface area (Å²) in [7, 11) is -4.15. The van der Waals surface area contributed by atoms with Crippen molar-refractivity contribution in [3.63, 3.8) is 0 Å². The van der Waals surface area contributed by atoms with Gasteiger partial charge in [-0.15, -0.1) is 0 Å². The first-order valence-corrected chi connectivity index (χ1v) is 12.5. The summed E-state index contributed by atoms with van der Waals surface area (Å²) in [5.41, 5.74) is -0.101. The van der Waals surface area contributed by atoms with Crippen LogP contribution in [0.4, 0.5) is 0 Å². The Kier molecular flexibility index (Phi) is 7.88. The lowest BCUT2D eigenvalue weighted by molar-refractivity contribution is -0.131. The number of hydrogen-bond acceptors (Lipinski definition) is 7. The number of nitrogens with one attached hydrogen (secondary N) is 2. The van der Waals surface area contributed by atoms with E-state index in [2.05, 4.69) is 15.6 Å². The Labute approximate surface area is 199 Å². The van der Waals surface area contributed by atoms with Gasteiger partial charge < -0.3 is 15.1 Å². The Morgan fingerprint density at radius 1 is 1.24 bits per heavy atom. The zero-order chi connectivity index (χ0) is 24.9. The molecule has 2 N–H and O–H groups in total. The van der Waals surface area contributed by atoms with E-state index in [9.17, 15) is 22.8 Å². The Morgan fingerprint density at radius 2 is 2.00 bits per heavy atom. The second-order valence-electron chi connectivity index (χ2n) is 9.42. The summed E-state index contributed by atoms with van der Waals surface area (Å²) in [5, 5.41) is 5.07. The highest BCUT2D eigenvalue weighted by Crippen LogP contribution is 2.24. The number of amides is 2. The average Bonchev–Trinajstić information content (AvgIpc) is 3.25. The van der Waals surface area contributed by atoms with Crippen LogP contribution in [0.25, 0.3) is 0 Å². The first kappa shape index (κ1) is 25.6. The van der Waals surface area contributed by atoms with Crippen LogP contribution in [0.1, 0.15) is 56.8 Å². The number of rotatable bonds is 7. The predicted molar refractivity (Wildman–Crippen MR) is 123 cm³/mol. The molecule has 0 aliphatic carbocycles. The fraction of sp³-hybridized carbons (Fsp3) is 0.478. The van der Waals surface area contributed by atoms with E-state index in [1.807, 2.05) is 20.8 Å². The molecule has 10 nitrogen and oxygen atoms in total. The summed E-state index contributed by atoms with van der Waals surface area (Å²) >= 11 is 0. The van der Waals surface area contributed by atoms with Gasteiger partial charge >= 0.3 is 0 Å². The van der Waals surface area contributed by atoms with E-state index in [1.165, 1.54) is 36.9 Å². The third-order valence-electron chi connectivity index (χ3n) is 5.36. The molecule has 3 heterocycles. The van der Waals surface area contributed by atoms with Crippen molar-refractivity contribution in [2.75, 3.05) is 6.54 Å². The van der Waals surface area contributed by atoms with Gasteiger partial charge in [0.15, 0.2) is 17.0 Å². The van der Waals surface area contributed by atoms with Crippen LogP contribution >= 0.6 is 0 Å². The number of hydrogen-bond donors (Lipinski definition) is 2. The molecule has 2 amide bonds. The number of carbonyl (C=O) groups excluding carboxylic acids is 3. The molecule has 0 radical (unpaired) electrons. The van der Waals surface area contributed by atoms with Crippen LogP contribution in [-0.4, -0.2) is 54.1 Å². The lowest BCUT2D eigenvalue weighted by Crippen LogP contribution is -2.59. The zero-order valence-corrected chi connectivity index (χ0v) is 20.3. The third-order valence-corrected chi connectivity index (χ3v) is 7.14. The Bertz CT molecular complexity index is 1110. The van der Waals surface area contributed by atoms with Gasteiger partial charge in [0, 0.05) is 19.2 Å². The number of aromatic nitrogens is 1. The quantitative estimate of drug-likeness (QED) is 0.606. The molecule has 34 heavy (non-hydrogen) atoms. The molecule has 11 heteroatoms. The molecular weight excluding hydrogens is 460 g/mol. The fourth-order valence-corrected chi connectivity index (χ4v) is 5.22. The van der Waals surface area contributed by atoms with Gasteiger partial charge in [-0.1, -0.05) is 26.8 Å². The van der Waals surface area contributed by atoms with Crippen molar-refractivity contribution in [2.24, 2.45) is 5.41 Å². The number of nitrogens with zero attached hydrogens (tertiary/aromatic N) is 2. The third kappa shape index (κ3) is 6.29. The van der Waals surface area contributed by atoms with E-state index in [0.717, 1.165) is 4.31 Å². The number of carbonyl (C=O) groups is 3. The van der Waals surface area contributed by atoms with E-state index < -0.39 is 39.8 Å². The molecule has 2 aromatic heterocycles. The molecule has 0 bridgehead atoms. The van der Waals surface area contributed by atoms with Crippen molar-refractivity contribution in [3.05, 3.63) is 48.6 Å². The van der Waals surface area contributed by atoms with Crippen molar-refractivity contribution in [3.8, 4) is 0 Å². The molecule has 0 saturated carbocycles. The summed E-state index contributed by atoms with van der Waals surface area (Å²) in [5.74, 6) is -1.57. The van der Waals surface area contributed by atoms with E-state index >= 15 is 0 Å². The van der Waals surface area contributed by atoms with Crippen molar-refractivity contribution in [1.29, 1.82) is 0 Å². The molecule has 2 aromatic rings. The van der Waals surface area contributed by atoms with Gasteiger partial charge in [0.1, 0.15) is 12.3 Å². The van der Waals surface area contributed by atoms with Gasteiger partial charge in [-0.05, 0) is 42.9 Å². The number of sulfonamides is 1. The lowest BCUT2D eigenvalue weighted by atomic mass is 9.87. The molecule has 2 atom stereocenters. The van der Waals surface area contributed by atoms with Gasteiger partial charge in [0.25, 0.3) is 15.9 Å². The highest BCUT2D eigenvalue weighted by molar-refractivity contribution is 7.89. The van der Waals surface area contributed by atoms with Crippen LogP contribution in [0, 0.1) is 5.41 Å². The number of furan rings is 1. The van der Waals surface area contributed by atoms with Gasteiger partial charge in [-0.3, -0.25) is 14.4 Å². The van der Waals surface area contributed by atoms with Gasteiger partial charge in [-0.25, -0.2) is 13.4 Å². The maximum atomic E-state index is 13.3. The summed E-state index contributed by atoms with van der Waals surface area (Å²) in [4.78, 5) is 42.8. The molecule has 1 fully saturated rings. The van der Waals surface area contributed by atoms with Crippen LogP contribution in [0.15, 0.2) is 52.4 Å². The zero-order valence-electron chi connectivity index (χ0n) is 19.5. The van der Waals surface area contributed by atoms with Crippen LogP contribution < -0.4 is 10.6 Å². The van der Waals surface area contributed by atoms with E-state index in [4.69, 9.17) is 4.42 Å². The minimum Gasteiger partial charge on any atom is -0.472 e. The predicted octanol–water partition coefficient (Wildman–Crippen LogP) is 2.10. The van der Waals surface area contributed by atoms with Crippen molar-refractivity contribution >= 4 is 27.6 Å². The molecule has 3 rings (SSSR count). The summed E-state index contributed by atoms with van der Waals surface area (Å²) in [6.45, 7) is 5.78. The van der Waals surface area contributed by atoms with Crippen LogP contribution in [0.2, 0.25) is 0 Å². The van der Waals surface area contributed by atoms with Crippen molar-refractivity contribution in [2.45, 2.75) is 63.7 Å². The molecule has 1 aliphatic heterocycles. The Morgan fingerprint density at radius 3 is 2.62 bits per heavy atom. The van der Waals surface area contributed by atoms with E-state index in [1.54, 1.807) is 6.07 Å². The second kappa shape index (κ2) is 10.5. The summed E-state index contributed by atoms with van der Waals surface area (Å²) in [6.07, 6.45) is 3.92. The minimum atomic E-state index is -4.15. The maximum absolute atomic E-state index is 13.3. The van der Waals surface area contributed by atoms with Crippen molar-refractivity contribution < 1.29 is 27.2 Å². The standard InChI is InChI=1S/C23H30N4O6S/c1-23(2,3)14-17(25-21(29)16-10-13-33-15-16)22(30)26-20-18(28)8-5-7-12-27(20)34(31,32)19-9-4-6-11-24-19/h4,6,9-11,13,15,17,20H,5,7-8,12,14H2,1-3H3,(H,25,29)(H,26,30)/t17-,20-/m0/s1. The van der Waals surface area contributed by atoms with E-state index in [0.29, 0.717) is 12.8 Å². The average molecular weight is 491 g/mol. The summed E-state index contributed by atoms with van der Waals surface area (Å²) < 4.78 is 32.5. The Hall–Kier alpha value is -3.05. The monoisotopic (exact) mass is 490 g/mol. The largest absolute Gasteiger partial charge is 0.472 e. The highest BCUT2D eigenvalue weighted by atomic mass is 32.2. The second-order valence-corrected chi connectivity index (χ2v) is 11.3. The molecule has 0 aromatic carbocycles. The number of Topliss-reactive ketones (excluding diaryl/α,β-unsaturated/α-hetero) is 1. The SMILES string of the molecule is CC(C)(C)C[C@H](NC(=O)c1ccoc1)C(=O)N[C@@H]1C(=O)CCCCN1S(=O)(=O)c1ccccn1. The van der Waals surface area contributed by atoms with Crippen LogP contribution in [-0.2, 0) is 19.6 Å². The first-order valence-electron chi connectivity index (χ1n) is 11.1. The van der Waals surface area contributed by atoms with Crippen LogP contribution in [0.5, 0.6) is 0 Å². The maximum Gasteiger partial charge on any atom is 0.262 e. The summed E-state index contributed by atoms with van der Waals surface area (Å²) in [6, 6.07) is 4.94.